The summed E-state index contributed by atoms with van der Waals surface area (Å²) in [6.07, 6.45) is 0. The summed E-state index contributed by atoms with van der Waals surface area (Å²) in [6.45, 7) is 4.97. The summed E-state index contributed by atoms with van der Waals surface area (Å²) in [6, 6.07) is 16.9. The zero-order chi connectivity index (χ0) is 17.3. The largest absolute Gasteiger partial charge is 0.326 e. The van der Waals surface area contributed by atoms with E-state index in [0.717, 1.165) is 11.1 Å². The summed E-state index contributed by atoms with van der Waals surface area (Å²) in [5.74, 6) is 0.417. The van der Waals surface area contributed by atoms with Crippen LogP contribution in [0.1, 0.15) is 36.8 Å². The maximum absolute atomic E-state index is 12.9. The first kappa shape index (κ1) is 17.1. The number of hydrogen-bond acceptors (Lipinski definition) is 3. The summed E-state index contributed by atoms with van der Waals surface area (Å²) in [5, 5.41) is 0. The highest BCUT2D eigenvalue weighted by Crippen LogP contribution is 2.30. The van der Waals surface area contributed by atoms with Gasteiger partial charge in [0.15, 0.2) is 0 Å². The average Bonchev–Trinajstić information content (AvgIpc) is 2.98. The lowest BCUT2D eigenvalue weighted by molar-refractivity contribution is 0.470. The van der Waals surface area contributed by atoms with Crippen LogP contribution in [0.25, 0.3) is 0 Å². The summed E-state index contributed by atoms with van der Waals surface area (Å²) in [4.78, 5) is 0.341. The third kappa shape index (κ3) is 3.24. The standard InChI is InChI=1S/C19H24N2O2S/c1-14(2)15-8-10-17(11-9-15)24(22,23)21-12-18(19(20)13-21)16-6-4-3-5-7-16/h3-11,14,18-19H,12-13,20H2,1-2H3/t18-,19+/m0/s1. The van der Waals surface area contributed by atoms with Crippen molar-refractivity contribution in [1.29, 1.82) is 0 Å². The maximum Gasteiger partial charge on any atom is 0.243 e. The third-order valence-electron chi connectivity index (χ3n) is 4.74. The van der Waals surface area contributed by atoms with Crippen molar-refractivity contribution in [1.82, 2.24) is 4.31 Å². The van der Waals surface area contributed by atoms with Gasteiger partial charge in [-0.3, -0.25) is 0 Å². The van der Waals surface area contributed by atoms with Gasteiger partial charge in [0, 0.05) is 25.0 Å². The predicted molar refractivity (Wildman–Crippen MR) is 96.4 cm³/mol. The van der Waals surface area contributed by atoms with Gasteiger partial charge in [0.25, 0.3) is 0 Å². The van der Waals surface area contributed by atoms with Crippen LogP contribution in [0.4, 0.5) is 0 Å². The number of sulfonamides is 1. The molecule has 2 aromatic carbocycles. The molecule has 0 aromatic heterocycles. The molecular formula is C19H24N2O2S. The number of benzene rings is 2. The van der Waals surface area contributed by atoms with E-state index in [0.29, 0.717) is 23.9 Å². The highest BCUT2D eigenvalue weighted by molar-refractivity contribution is 7.89. The van der Waals surface area contributed by atoms with E-state index >= 15 is 0 Å². The lowest BCUT2D eigenvalue weighted by Crippen LogP contribution is -2.32. The van der Waals surface area contributed by atoms with Gasteiger partial charge in [-0.15, -0.1) is 0 Å². The smallest absolute Gasteiger partial charge is 0.243 e. The molecule has 0 unspecified atom stereocenters. The Morgan fingerprint density at radius 1 is 1.00 bits per heavy atom. The zero-order valence-electron chi connectivity index (χ0n) is 14.1. The highest BCUT2D eigenvalue weighted by Gasteiger charge is 2.38. The molecule has 1 aliphatic heterocycles. The minimum absolute atomic E-state index is 0.0379. The lowest BCUT2D eigenvalue weighted by atomic mass is 9.95. The first-order valence-corrected chi connectivity index (χ1v) is 9.74. The SMILES string of the molecule is CC(C)c1ccc(S(=O)(=O)N2C[C@@H](N)[C@H](c3ccccc3)C2)cc1. The Morgan fingerprint density at radius 3 is 2.21 bits per heavy atom. The lowest BCUT2D eigenvalue weighted by Gasteiger charge is -2.17. The van der Waals surface area contributed by atoms with E-state index in [2.05, 4.69) is 13.8 Å². The summed E-state index contributed by atoms with van der Waals surface area (Å²) in [7, 11) is -3.50. The van der Waals surface area contributed by atoms with E-state index in [1.165, 1.54) is 4.31 Å². The monoisotopic (exact) mass is 344 g/mol. The van der Waals surface area contributed by atoms with Crippen molar-refractivity contribution in [2.75, 3.05) is 13.1 Å². The van der Waals surface area contributed by atoms with Crippen LogP contribution in [0.2, 0.25) is 0 Å². The van der Waals surface area contributed by atoms with Crippen molar-refractivity contribution in [3.05, 3.63) is 65.7 Å². The predicted octanol–water partition coefficient (Wildman–Crippen LogP) is 2.93. The minimum atomic E-state index is -3.50. The van der Waals surface area contributed by atoms with Gasteiger partial charge in [0.1, 0.15) is 0 Å². The fourth-order valence-corrected chi connectivity index (χ4v) is 4.72. The number of nitrogens with two attached hydrogens (primary N) is 1. The second kappa shape index (κ2) is 6.67. The van der Waals surface area contributed by atoms with Gasteiger partial charge in [0.05, 0.1) is 4.90 Å². The quantitative estimate of drug-likeness (QED) is 0.927. The molecule has 2 atom stereocenters. The first-order chi connectivity index (χ1) is 11.4. The van der Waals surface area contributed by atoms with Crippen LogP contribution in [0.15, 0.2) is 59.5 Å². The molecule has 128 valence electrons. The molecule has 0 radical (unpaired) electrons. The average molecular weight is 344 g/mol. The number of rotatable bonds is 4. The summed E-state index contributed by atoms with van der Waals surface area (Å²) >= 11 is 0. The topological polar surface area (TPSA) is 63.4 Å². The van der Waals surface area contributed by atoms with Crippen molar-refractivity contribution >= 4 is 10.0 Å². The van der Waals surface area contributed by atoms with Crippen molar-refractivity contribution < 1.29 is 8.42 Å². The number of nitrogens with zero attached hydrogens (tertiary/aromatic N) is 1. The van der Waals surface area contributed by atoms with Gasteiger partial charge in [-0.25, -0.2) is 8.42 Å². The summed E-state index contributed by atoms with van der Waals surface area (Å²) < 4.78 is 27.3. The van der Waals surface area contributed by atoms with Crippen LogP contribution in [-0.2, 0) is 10.0 Å². The van der Waals surface area contributed by atoms with Gasteiger partial charge in [-0.1, -0.05) is 56.3 Å². The van der Waals surface area contributed by atoms with Crippen molar-refractivity contribution in [3.8, 4) is 0 Å². The molecule has 24 heavy (non-hydrogen) atoms. The van der Waals surface area contributed by atoms with E-state index < -0.39 is 10.0 Å². The fraction of sp³-hybridized carbons (Fsp3) is 0.368. The van der Waals surface area contributed by atoms with Crippen LogP contribution in [0, 0.1) is 0 Å². The normalized spacial score (nSPS) is 22.2. The highest BCUT2D eigenvalue weighted by atomic mass is 32.2. The maximum atomic E-state index is 12.9. The Kier molecular flexibility index (Phi) is 4.76. The molecule has 1 aliphatic rings. The fourth-order valence-electron chi connectivity index (χ4n) is 3.21. The van der Waals surface area contributed by atoms with Crippen LogP contribution >= 0.6 is 0 Å². The van der Waals surface area contributed by atoms with Gasteiger partial charge in [-0.2, -0.15) is 4.31 Å². The van der Waals surface area contributed by atoms with Crippen molar-refractivity contribution in [3.63, 3.8) is 0 Å². The molecule has 2 aromatic rings. The molecular weight excluding hydrogens is 320 g/mol. The Bertz CT molecular complexity index is 786. The minimum Gasteiger partial charge on any atom is -0.326 e. The number of hydrogen-bond donors (Lipinski definition) is 1. The van der Waals surface area contributed by atoms with Crippen LogP contribution in [0.3, 0.4) is 0 Å². The van der Waals surface area contributed by atoms with E-state index in [1.807, 2.05) is 42.5 Å². The van der Waals surface area contributed by atoms with E-state index in [-0.39, 0.29) is 12.0 Å². The molecule has 0 saturated carbocycles. The molecule has 1 fully saturated rings. The molecule has 1 heterocycles. The molecule has 4 nitrogen and oxygen atoms in total. The van der Waals surface area contributed by atoms with Crippen molar-refractivity contribution in [2.45, 2.75) is 36.6 Å². The van der Waals surface area contributed by atoms with E-state index in [9.17, 15) is 8.42 Å². The first-order valence-electron chi connectivity index (χ1n) is 8.30. The Labute approximate surface area is 144 Å². The second-order valence-corrected chi connectivity index (χ2v) is 8.66. The van der Waals surface area contributed by atoms with E-state index in [4.69, 9.17) is 5.73 Å². The van der Waals surface area contributed by atoms with Gasteiger partial charge in [0.2, 0.25) is 10.0 Å². The van der Waals surface area contributed by atoms with Crippen LogP contribution < -0.4 is 5.73 Å². The van der Waals surface area contributed by atoms with Gasteiger partial charge < -0.3 is 5.73 Å². The molecule has 5 heteroatoms. The molecule has 0 spiro atoms. The van der Waals surface area contributed by atoms with Gasteiger partial charge in [-0.05, 0) is 29.2 Å². The van der Waals surface area contributed by atoms with Crippen molar-refractivity contribution in [2.24, 2.45) is 5.73 Å². The summed E-state index contributed by atoms with van der Waals surface area (Å²) in [5.41, 5.74) is 8.46. The molecule has 2 N–H and O–H groups in total. The Hall–Kier alpha value is -1.69. The molecule has 0 amide bonds. The molecule has 0 aliphatic carbocycles. The Balaban J connectivity index is 1.83. The van der Waals surface area contributed by atoms with Crippen LogP contribution in [0.5, 0.6) is 0 Å². The molecule has 0 bridgehead atoms. The van der Waals surface area contributed by atoms with Gasteiger partial charge >= 0.3 is 0 Å². The van der Waals surface area contributed by atoms with Crippen LogP contribution in [-0.4, -0.2) is 31.9 Å². The Morgan fingerprint density at radius 2 is 1.62 bits per heavy atom. The zero-order valence-corrected chi connectivity index (χ0v) is 14.9. The molecule has 3 rings (SSSR count). The molecule has 1 saturated heterocycles. The van der Waals surface area contributed by atoms with E-state index in [1.54, 1.807) is 12.1 Å². The second-order valence-electron chi connectivity index (χ2n) is 6.73. The third-order valence-corrected chi connectivity index (χ3v) is 6.59.